The molecule has 0 saturated carbocycles. The summed E-state index contributed by atoms with van der Waals surface area (Å²) in [7, 11) is 0. The van der Waals surface area contributed by atoms with E-state index in [1.165, 1.54) is 0 Å². The highest BCUT2D eigenvalue weighted by atomic mass is 19.4. The number of alkyl halides is 3. The van der Waals surface area contributed by atoms with E-state index in [9.17, 15) is 17.6 Å². The molecule has 0 spiro atoms. The van der Waals surface area contributed by atoms with Crippen LogP contribution in [0.25, 0.3) is 0 Å². The van der Waals surface area contributed by atoms with Crippen molar-refractivity contribution in [2.75, 3.05) is 19.7 Å². The van der Waals surface area contributed by atoms with Gasteiger partial charge in [0.25, 0.3) is 0 Å². The van der Waals surface area contributed by atoms with Crippen LogP contribution < -0.4 is 10.1 Å². The van der Waals surface area contributed by atoms with Crippen LogP contribution in [0, 0.1) is 11.7 Å². The van der Waals surface area contributed by atoms with E-state index in [1.54, 1.807) is 0 Å². The van der Waals surface area contributed by atoms with Gasteiger partial charge < -0.3 is 10.1 Å². The van der Waals surface area contributed by atoms with Crippen LogP contribution in [0.5, 0.6) is 5.75 Å². The molecule has 1 aromatic carbocycles. The Morgan fingerprint density at radius 2 is 2.11 bits per heavy atom. The number of ether oxygens (including phenoxy) is 1. The van der Waals surface area contributed by atoms with Crippen LogP contribution in [0.1, 0.15) is 12.0 Å². The number of nitrogens with one attached hydrogen (secondary N) is 1. The summed E-state index contributed by atoms with van der Waals surface area (Å²) in [4.78, 5) is 0. The van der Waals surface area contributed by atoms with Gasteiger partial charge in [0.05, 0.1) is 12.2 Å². The van der Waals surface area contributed by atoms with E-state index in [2.05, 4.69) is 5.32 Å². The van der Waals surface area contributed by atoms with Crippen molar-refractivity contribution in [2.45, 2.75) is 12.6 Å². The van der Waals surface area contributed by atoms with E-state index in [-0.39, 0.29) is 11.7 Å². The van der Waals surface area contributed by atoms with Gasteiger partial charge in [-0.1, -0.05) is 0 Å². The average Bonchev–Trinajstić information content (AvgIpc) is 2.79. The van der Waals surface area contributed by atoms with Gasteiger partial charge in [-0.3, -0.25) is 0 Å². The van der Waals surface area contributed by atoms with Crippen LogP contribution in [-0.2, 0) is 6.18 Å². The summed E-state index contributed by atoms with van der Waals surface area (Å²) in [5.74, 6) is -0.822. The van der Waals surface area contributed by atoms with Crippen LogP contribution in [0.3, 0.4) is 0 Å². The Bertz CT molecular complexity index is 413. The van der Waals surface area contributed by atoms with Gasteiger partial charge in [-0.2, -0.15) is 13.2 Å². The predicted molar refractivity (Wildman–Crippen MR) is 57.9 cm³/mol. The maximum absolute atomic E-state index is 13.4. The molecule has 1 N–H and O–H groups in total. The summed E-state index contributed by atoms with van der Waals surface area (Å²) in [6, 6.07) is 2.31. The van der Waals surface area contributed by atoms with Crippen LogP contribution >= 0.6 is 0 Å². The number of hydrogen-bond acceptors (Lipinski definition) is 2. The molecule has 0 aliphatic carbocycles. The van der Waals surface area contributed by atoms with E-state index in [0.29, 0.717) is 12.7 Å². The molecule has 0 aromatic heterocycles. The zero-order chi connectivity index (χ0) is 13.2. The van der Waals surface area contributed by atoms with Gasteiger partial charge in [-0.15, -0.1) is 0 Å². The van der Waals surface area contributed by atoms with E-state index in [4.69, 9.17) is 4.74 Å². The normalized spacial score (nSPS) is 20.1. The molecule has 2 rings (SSSR count). The zero-order valence-electron chi connectivity index (χ0n) is 9.56. The Morgan fingerprint density at radius 3 is 2.67 bits per heavy atom. The highest BCUT2D eigenvalue weighted by Gasteiger charge is 2.31. The van der Waals surface area contributed by atoms with Crippen LogP contribution in [0.2, 0.25) is 0 Å². The lowest BCUT2D eigenvalue weighted by Crippen LogP contribution is -2.16. The van der Waals surface area contributed by atoms with Gasteiger partial charge in [-0.05, 0) is 31.2 Å². The highest BCUT2D eigenvalue weighted by Crippen LogP contribution is 2.32. The minimum Gasteiger partial charge on any atom is -0.490 e. The Labute approximate surface area is 102 Å². The molecule has 1 fully saturated rings. The minimum atomic E-state index is -4.53. The van der Waals surface area contributed by atoms with Crippen molar-refractivity contribution in [3.05, 3.63) is 29.6 Å². The van der Waals surface area contributed by atoms with E-state index < -0.39 is 17.6 Å². The topological polar surface area (TPSA) is 21.3 Å². The maximum atomic E-state index is 13.4. The summed E-state index contributed by atoms with van der Waals surface area (Å²) in [6.07, 6.45) is -3.60. The third kappa shape index (κ3) is 3.13. The predicted octanol–water partition coefficient (Wildman–Crippen LogP) is 2.83. The molecule has 1 heterocycles. The van der Waals surface area contributed by atoms with Crippen molar-refractivity contribution in [1.29, 1.82) is 0 Å². The SMILES string of the molecule is Fc1cc(C(F)(F)F)ccc1OCC1CCNC1. The molecular formula is C12H13F4NO. The number of halogens is 4. The maximum Gasteiger partial charge on any atom is 0.416 e. The van der Waals surface area contributed by atoms with Gasteiger partial charge in [0.2, 0.25) is 0 Å². The van der Waals surface area contributed by atoms with Crippen molar-refractivity contribution in [3.8, 4) is 5.75 Å². The standard InChI is InChI=1S/C12H13F4NO/c13-10-5-9(12(14,15)16)1-2-11(10)18-7-8-3-4-17-6-8/h1-2,5,8,17H,3-4,6-7H2. The molecule has 0 amide bonds. The largest absolute Gasteiger partial charge is 0.490 e. The Morgan fingerprint density at radius 1 is 1.33 bits per heavy atom. The highest BCUT2D eigenvalue weighted by molar-refractivity contribution is 5.30. The fourth-order valence-corrected chi connectivity index (χ4v) is 1.86. The zero-order valence-corrected chi connectivity index (χ0v) is 9.56. The smallest absolute Gasteiger partial charge is 0.416 e. The first-order chi connectivity index (χ1) is 8.47. The van der Waals surface area contributed by atoms with Crippen LogP contribution in [0.4, 0.5) is 17.6 Å². The van der Waals surface area contributed by atoms with Gasteiger partial charge in [0.15, 0.2) is 11.6 Å². The molecule has 2 nitrogen and oxygen atoms in total. The molecule has 1 aliphatic rings. The molecule has 1 atom stereocenters. The second-order valence-electron chi connectivity index (χ2n) is 4.31. The molecule has 1 aliphatic heterocycles. The van der Waals surface area contributed by atoms with Gasteiger partial charge in [0.1, 0.15) is 0 Å². The van der Waals surface area contributed by atoms with Gasteiger partial charge in [0, 0.05) is 12.5 Å². The third-order valence-electron chi connectivity index (χ3n) is 2.90. The van der Waals surface area contributed by atoms with Crippen LogP contribution in [-0.4, -0.2) is 19.7 Å². The molecule has 0 bridgehead atoms. The first-order valence-corrected chi connectivity index (χ1v) is 5.67. The Hall–Kier alpha value is -1.30. The van der Waals surface area contributed by atoms with Crippen molar-refractivity contribution >= 4 is 0 Å². The molecule has 6 heteroatoms. The second kappa shape index (κ2) is 5.14. The first-order valence-electron chi connectivity index (χ1n) is 5.67. The van der Waals surface area contributed by atoms with Crippen molar-refractivity contribution in [1.82, 2.24) is 5.32 Å². The summed E-state index contributed by atoms with van der Waals surface area (Å²) in [6.45, 7) is 2.00. The lowest BCUT2D eigenvalue weighted by molar-refractivity contribution is -0.137. The number of rotatable bonds is 3. The summed E-state index contributed by atoms with van der Waals surface area (Å²) < 4.78 is 55.6. The van der Waals surface area contributed by atoms with Gasteiger partial charge >= 0.3 is 6.18 Å². The monoisotopic (exact) mass is 263 g/mol. The molecule has 18 heavy (non-hydrogen) atoms. The van der Waals surface area contributed by atoms with Crippen LogP contribution in [0.15, 0.2) is 18.2 Å². The number of hydrogen-bond donors (Lipinski definition) is 1. The first kappa shape index (κ1) is 13.1. The number of benzene rings is 1. The van der Waals surface area contributed by atoms with Crippen molar-refractivity contribution in [2.24, 2.45) is 5.92 Å². The van der Waals surface area contributed by atoms with E-state index in [1.807, 2.05) is 0 Å². The van der Waals surface area contributed by atoms with Crippen molar-refractivity contribution in [3.63, 3.8) is 0 Å². The van der Waals surface area contributed by atoms with E-state index in [0.717, 1.165) is 31.6 Å². The average molecular weight is 263 g/mol. The fourth-order valence-electron chi connectivity index (χ4n) is 1.86. The Kier molecular flexibility index (Phi) is 3.75. The summed E-state index contributed by atoms with van der Waals surface area (Å²) >= 11 is 0. The second-order valence-corrected chi connectivity index (χ2v) is 4.31. The minimum absolute atomic E-state index is 0.130. The van der Waals surface area contributed by atoms with Crippen molar-refractivity contribution < 1.29 is 22.3 Å². The molecule has 100 valence electrons. The van der Waals surface area contributed by atoms with Gasteiger partial charge in [-0.25, -0.2) is 4.39 Å². The summed E-state index contributed by atoms with van der Waals surface area (Å²) in [5.41, 5.74) is -1.00. The lowest BCUT2D eigenvalue weighted by atomic mass is 10.1. The lowest BCUT2D eigenvalue weighted by Gasteiger charge is -2.13. The van der Waals surface area contributed by atoms with E-state index >= 15 is 0 Å². The molecular weight excluding hydrogens is 250 g/mol. The summed E-state index contributed by atoms with van der Waals surface area (Å²) in [5, 5.41) is 3.13. The molecule has 1 saturated heterocycles. The molecule has 0 radical (unpaired) electrons. The molecule has 1 aromatic rings. The Balaban J connectivity index is 2.01. The third-order valence-corrected chi connectivity index (χ3v) is 2.90. The molecule has 1 unspecified atom stereocenters. The quantitative estimate of drug-likeness (QED) is 0.847. The fraction of sp³-hybridized carbons (Fsp3) is 0.500.